The highest BCUT2D eigenvalue weighted by atomic mass is 16.8. The maximum absolute atomic E-state index is 10.8. The monoisotopic (exact) mass is 214 g/mol. The average Bonchev–Trinajstić information content (AvgIpc) is 2.70. The molecule has 84 valence electrons. The first-order valence-electron chi connectivity index (χ1n) is 4.81. The molecule has 7 heteroatoms. The Morgan fingerprint density at radius 3 is 2.93 bits per heavy atom. The third kappa shape index (κ3) is 1.97. The second kappa shape index (κ2) is 3.95. The lowest BCUT2D eigenvalue weighted by atomic mass is 10.2. The minimum absolute atomic E-state index is 0.0854. The van der Waals surface area contributed by atoms with Crippen LogP contribution in [0.1, 0.15) is 6.92 Å². The number of nitrogens with one attached hydrogen (secondary N) is 1. The van der Waals surface area contributed by atoms with E-state index in [4.69, 9.17) is 9.94 Å². The highest BCUT2D eigenvalue weighted by Gasteiger charge is 2.31. The van der Waals surface area contributed by atoms with E-state index >= 15 is 0 Å². The third-order valence-corrected chi connectivity index (χ3v) is 2.51. The number of hydrogen-bond donors (Lipinski definition) is 2. The summed E-state index contributed by atoms with van der Waals surface area (Å²) in [6.07, 6.45) is 2.35. The fourth-order valence-electron chi connectivity index (χ4n) is 1.74. The van der Waals surface area contributed by atoms with E-state index < -0.39 is 6.09 Å². The zero-order valence-electron chi connectivity index (χ0n) is 8.46. The molecule has 1 atom stereocenters. The molecular formula is C8H14N4O3. The van der Waals surface area contributed by atoms with E-state index in [9.17, 15) is 4.79 Å². The molecular weight excluding hydrogens is 200 g/mol. The van der Waals surface area contributed by atoms with Crippen molar-refractivity contribution in [3.63, 3.8) is 0 Å². The minimum Gasteiger partial charge on any atom is -0.465 e. The van der Waals surface area contributed by atoms with Gasteiger partial charge in [-0.1, -0.05) is 0 Å². The summed E-state index contributed by atoms with van der Waals surface area (Å²) in [6, 6.07) is 0.0854. The molecule has 1 saturated heterocycles. The molecule has 7 nitrogen and oxygen atoms in total. The van der Waals surface area contributed by atoms with E-state index in [1.165, 1.54) is 16.4 Å². The Balaban J connectivity index is 1.92. The van der Waals surface area contributed by atoms with Crippen LogP contribution in [0.25, 0.3) is 0 Å². The summed E-state index contributed by atoms with van der Waals surface area (Å²) < 4.78 is 0. The smallest absolute Gasteiger partial charge is 0.407 e. The van der Waals surface area contributed by atoms with Gasteiger partial charge in [-0.3, -0.25) is 5.43 Å². The van der Waals surface area contributed by atoms with Gasteiger partial charge in [0, 0.05) is 31.0 Å². The van der Waals surface area contributed by atoms with Crippen molar-refractivity contribution in [3.8, 4) is 0 Å². The molecule has 15 heavy (non-hydrogen) atoms. The number of carboxylic acid groups (broad SMARTS) is 1. The highest BCUT2D eigenvalue weighted by molar-refractivity contribution is 5.65. The summed E-state index contributed by atoms with van der Waals surface area (Å²) in [5, 5.41) is 12.3. The van der Waals surface area contributed by atoms with Gasteiger partial charge in [-0.25, -0.2) is 4.79 Å². The van der Waals surface area contributed by atoms with Crippen molar-refractivity contribution in [1.29, 1.82) is 0 Å². The number of amides is 1. The first-order valence-corrected chi connectivity index (χ1v) is 4.81. The molecule has 0 aromatic rings. The molecule has 0 bridgehead atoms. The number of rotatable bonds is 1. The van der Waals surface area contributed by atoms with E-state index in [-0.39, 0.29) is 6.04 Å². The lowest BCUT2D eigenvalue weighted by Crippen LogP contribution is -2.60. The Bertz CT molecular complexity index is 275. The van der Waals surface area contributed by atoms with Crippen molar-refractivity contribution in [2.24, 2.45) is 0 Å². The van der Waals surface area contributed by atoms with Gasteiger partial charge in [0.2, 0.25) is 0 Å². The molecule has 1 fully saturated rings. The third-order valence-electron chi connectivity index (χ3n) is 2.51. The molecule has 0 radical (unpaired) electrons. The van der Waals surface area contributed by atoms with E-state index in [2.05, 4.69) is 5.43 Å². The van der Waals surface area contributed by atoms with Crippen LogP contribution in [0.5, 0.6) is 0 Å². The van der Waals surface area contributed by atoms with Crippen LogP contribution in [0.3, 0.4) is 0 Å². The molecule has 0 aromatic heterocycles. The predicted molar refractivity (Wildman–Crippen MR) is 51.0 cm³/mol. The van der Waals surface area contributed by atoms with Crippen molar-refractivity contribution in [3.05, 3.63) is 12.5 Å². The second-order valence-corrected chi connectivity index (χ2v) is 3.55. The van der Waals surface area contributed by atoms with Crippen LogP contribution < -0.4 is 5.43 Å². The zero-order valence-corrected chi connectivity index (χ0v) is 8.46. The number of hydrogen-bond acceptors (Lipinski definition) is 5. The molecule has 0 saturated carbocycles. The zero-order chi connectivity index (χ0) is 10.8. The summed E-state index contributed by atoms with van der Waals surface area (Å²) in [5.74, 6) is 0. The Morgan fingerprint density at radius 1 is 1.60 bits per heavy atom. The van der Waals surface area contributed by atoms with Crippen molar-refractivity contribution in [1.82, 2.24) is 20.6 Å². The number of nitrogens with zero attached hydrogens (tertiary/aromatic N) is 3. The summed E-state index contributed by atoms with van der Waals surface area (Å²) >= 11 is 0. The maximum atomic E-state index is 10.8. The van der Waals surface area contributed by atoms with Crippen LogP contribution >= 0.6 is 0 Å². The molecule has 2 aliphatic rings. The van der Waals surface area contributed by atoms with Crippen molar-refractivity contribution in [2.75, 3.05) is 19.6 Å². The molecule has 0 aromatic carbocycles. The van der Waals surface area contributed by atoms with E-state index in [0.29, 0.717) is 19.6 Å². The fourth-order valence-corrected chi connectivity index (χ4v) is 1.74. The predicted octanol–water partition coefficient (Wildman–Crippen LogP) is -0.192. The van der Waals surface area contributed by atoms with Crippen molar-refractivity contribution >= 4 is 6.09 Å². The highest BCUT2D eigenvalue weighted by Crippen LogP contribution is 2.13. The number of piperazine rings is 1. The van der Waals surface area contributed by atoms with E-state index in [1.54, 1.807) is 6.20 Å². The van der Waals surface area contributed by atoms with Gasteiger partial charge in [0.15, 0.2) is 0 Å². The molecule has 0 spiro atoms. The first-order chi connectivity index (χ1) is 7.18. The fraction of sp³-hybridized carbons (Fsp3) is 0.625. The molecule has 2 heterocycles. The van der Waals surface area contributed by atoms with Crippen LogP contribution in [-0.4, -0.2) is 52.1 Å². The Morgan fingerprint density at radius 2 is 2.40 bits per heavy atom. The topological polar surface area (TPSA) is 68.3 Å². The van der Waals surface area contributed by atoms with Gasteiger partial charge in [-0.15, -0.1) is 0 Å². The normalized spacial score (nSPS) is 27.5. The standard InChI is InChI=1S/C8H14N4O3/c1-7-6-10(8(13)14)3-4-11(7)12-9-2-5-15-12/h2,5,7,9H,3-4,6H2,1H3,(H,13,14). The van der Waals surface area contributed by atoms with Gasteiger partial charge in [-0.2, -0.15) is 5.01 Å². The molecule has 2 N–H and O–H groups in total. The Labute approximate surface area is 87.4 Å². The molecule has 1 unspecified atom stereocenters. The SMILES string of the molecule is CC1CN(C(=O)O)CCN1N1NC=CO1. The van der Waals surface area contributed by atoms with E-state index in [1.807, 2.05) is 11.9 Å². The van der Waals surface area contributed by atoms with Gasteiger partial charge >= 0.3 is 6.09 Å². The van der Waals surface area contributed by atoms with Gasteiger partial charge in [0.25, 0.3) is 0 Å². The summed E-state index contributed by atoms with van der Waals surface area (Å²) in [5.41, 5.74) is 2.89. The van der Waals surface area contributed by atoms with Crippen LogP contribution in [0.2, 0.25) is 0 Å². The van der Waals surface area contributed by atoms with Crippen LogP contribution in [0.15, 0.2) is 12.5 Å². The van der Waals surface area contributed by atoms with Gasteiger partial charge < -0.3 is 14.8 Å². The Kier molecular flexibility index (Phi) is 2.65. The van der Waals surface area contributed by atoms with Crippen LogP contribution in [0, 0.1) is 0 Å². The lowest BCUT2D eigenvalue weighted by Gasteiger charge is -2.40. The maximum Gasteiger partial charge on any atom is 0.407 e. The number of carbonyl (C=O) groups is 1. The quantitative estimate of drug-likeness (QED) is 0.630. The van der Waals surface area contributed by atoms with Crippen LogP contribution in [0.4, 0.5) is 4.79 Å². The minimum atomic E-state index is -0.866. The van der Waals surface area contributed by atoms with E-state index in [0.717, 1.165) is 0 Å². The van der Waals surface area contributed by atoms with Gasteiger partial charge in [0.1, 0.15) is 6.26 Å². The molecule has 1 amide bonds. The summed E-state index contributed by atoms with van der Waals surface area (Å²) in [4.78, 5) is 17.3. The largest absolute Gasteiger partial charge is 0.465 e. The van der Waals surface area contributed by atoms with Crippen LogP contribution in [-0.2, 0) is 4.84 Å². The Hall–Kier alpha value is -1.47. The van der Waals surface area contributed by atoms with Gasteiger partial charge in [-0.05, 0) is 6.92 Å². The molecule has 2 aliphatic heterocycles. The first kappa shape index (κ1) is 10.1. The number of hydrazine groups is 2. The van der Waals surface area contributed by atoms with Crippen molar-refractivity contribution in [2.45, 2.75) is 13.0 Å². The van der Waals surface area contributed by atoms with Crippen molar-refractivity contribution < 1.29 is 14.7 Å². The molecule has 2 rings (SSSR count). The lowest BCUT2D eigenvalue weighted by molar-refractivity contribution is -0.283. The average molecular weight is 214 g/mol. The molecule has 0 aliphatic carbocycles. The van der Waals surface area contributed by atoms with Gasteiger partial charge in [0.05, 0.1) is 6.20 Å². The summed E-state index contributed by atoms with van der Waals surface area (Å²) in [6.45, 7) is 3.54. The second-order valence-electron chi connectivity index (χ2n) is 3.55. The summed E-state index contributed by atoms with van der Waals surface area (Å²) in [7, 11) is 0.